The summed E-state index contributed by atoms with van der Waals surface area (Å²) in [6.45, 7) is 2.31. The number of nitrogens with zero attached hydrogens (tertiary/aromatic N) is 1. The largest absolute Gasteiger partial charge is 0.486 e. The predicted molar refractivity (Wildman–Crippen MR) is 142 cm³/mol. The van der Waals surface area contributed by atoms with Crippen LogP contribution in [0.25, 0.3) is 6.08 Å². The molecule has 1 amide bonds. The molecule has 0 aromatic heterocycles. The number of carbonyl (C=O) groups excluding carboxylic acids is 2. The monoisotopic (exact) mass is 616 g/mol. The van der Waals surface area contributed by atoms with Gasteiger partial charge in [-0.05, 0) is 88.6 Å². The summed E-state index contributed by atoms with van der Waals surface area (Å²) in [5, 5.41) is 12.5. The number of ether oxygens (including phenoxy) is 2. The van der Waals surface area contributed by atoms with Crippen molar-refractivity contribution in [2.24, 2.45) is 0 Å². The van der Waals surface area contributed by atoms with Crippen LogP contribution in [0.4, 0.5) is 5.69 Å². The van der Waals surface area contributed by atoms with Crippen LogP contribution in [0.5, 0.6) is 5.75 Å². The first-order chi connectivity index (χ1) is 16.8. The van der Waals surface area contributed by atoms with E-state index in [1.165, 1.54) is 18.2 Å². The number of nitriles is 1. The van der Waals surface area contributed by atoms with Gasteiger partial charge in [0, 0.05) is 10.2 Å². The van der Waals surface area contributed by atoms with E-state index in [-0.39, 0.29) is 12.2 Å². The van der Waals surface area contributed by atoms with E-state index in [1.807, 2.05) is 30.3 Å². The van der Waals surface area contributed by atoms with Gasteiger partial charge < -0.3 is 14.8 Å². The van der Waals surface area contributed by atoms with Crippen molar-refractivity contribution in [3.63, 3.8) is 0 Å². The molecule has 0 saturated carbocycles. The van der Waals surface area contributed by atoms with Crippen molar-refractivity contribution in [1.82, 2.24) is 0 Å². The van der Waals surface area contributed by atoms with Crippen molar-refractivity contribution in [2.45, 2.75) is 13.5 Å². The molecule has 0 saturated heterocycles. The van der Waals surface area contributed by atoms with Crippen LogP contribution in [-0.4, -0.2) is 18.5 Å². The average Bonchev–Trinajstić information content (AvgIpc) is 2.83. The van der Waals surface area contributed by atoms with Crippen molar-refractivity contribution in [3.8, 4) is 11.8 Å². The number of hydrogen-bond donors (Lipinski definition) is 1. The molecule has 0 bridgehead atoms. The third-order valence-electron chi connectivity index (χ3n) is 4.65. The first kappa shape index (κ1) is 26.5. The summed E-state index contributed by atoms with van der Waals surface area (Å²) in [5.41, 5.74) is 2.19. The van der Waals surface area contributed by atoms with Gasteiger partial charge in [0.1, 0.15) is 18.2 Å². The highest BCUT2D eigenvalue weighted by Gasteiger charge is 2.14. The number of anilines is 1. The summed E-state index contributed by atoms with van der Waals surface area (Å²) in [5.74, 6) is -0.592. The lowest BCUT2D eigenvalue weighted by Crippen LogP contribution is -2.13. The Hall–Kier alpha value is -3.12. The Bertz CT molecular complexity index is 1280. The summed E-state index contributed by atoms with van der Waals surface area (Å²) < 4.78 is 12.4. The molecular weight excluding hydrogens is 600 g/mol. The van der Waals surface area contributed by atoms with E-state index in [9.17, 15) is 14.9 Å². The van der Waals surface area contributed by atoms with Crippen LogP contribution in [0.2, 0.25) is 5.02 Å². The smallest absolute Gasteiger partial charge is 0.338 e. The van der Waals surface area contributed by atoms with E-state index in [1.54, 1.807) is 31.2 Å². The van der Waals surface area contributed by atoms with Crippen LogP contribution in [0.1, 0.15) is 28.4 Å². The average molecular weight is 619 g/mol. The molecule has 6 nitrogen and oxygen atoms in total. The highest BCUT2D eigenvalue weighted by atomic mass is 79.9. The molecule has 0 fully saturated rings. The molecule has 0 radical (unpaired) electrons. The molecule has 3 rings (SSSR count). The fourth-order valence-corrected chi connectivity index (χ4v) is 4.21. The molecule has 0 unspecified atom stereocenters. The Morgan fingerprint density at radius 3 is 2.37 bits per heavy atom. The zero-order valence-electron chi connectivity index (χ0n) is 18.5. The Balaban J connectivity index is 1.71. The SMILES string of the molecule is CCOC(=O)c1ccc(NC(=O)/C(C#N)=C/c2cc(Cl)c(OCc3ccc(Br)cc3)c(Br)c2)cc1. The number of rotatable bonds is 8. The van der Waals surface area contributed by atoms with Crippen molar-refractivity contribution in [2.75, 3.05) is 11.9 Å². The summed E-state index contributed by atoms with van der Waals surface area (Å²) >= 11 is 13.3. The standard InChI is InChI=1S/C26H19Br2ClN2O4/c1-2-34-26(33)18-5-9-21(10-6-18)31-25(32)19(14-30)11-17-12-22(28)24(23(29)13-17)35-15-16-3-7-20(27)8-4-16/h3-13H,2,15H2,1H3,(H,31,32)/b19-11+. The van der Waals surface area contributed by atoms with Gasteiger partial charge in [-0.15, -0.1) is 0 Å². The van der Waals surface area contributed by atoms with Gasteiger partial charge in [0.25, 0.3) is 5.91 Å². The minimum absolute atomic E-state index is 0.119. The molecule has 3 aromatic carbocycles. The molecule has 0 aliphatic carbocycles. The molecule has 1 N–H and O–H groups in total. The van der Waals surface area contributed by atoms with Gasteiger partial charge in [-0.3, -0.25) is 4.79 Å². The van der Waals surface area contributed by atoms with E-state index in [4.69, 9.17) is 21.1 Å². The summed E-state index contributed by atoms with van der Waals surface area (Å²) in [4.78, 5) is 24.4. The van der Waals surface area contributed by atoms with Gasteiger partial charge in [-0.25, -0.2) is 4.79 Å². The van der Waals surface area contributed by atoms with Gasteiger partial charge in [0.2, 0.25) is 0 Å². The second-order valence-electron chi connectivity index (χ2n) is 7.15. The maximum Gasteiger partial charge on any atom is 0.338 e. The Morgan fingerprint density at radius 2 is 1.77 bits per heavy atom. The Labute approximate surface area is 224 Å². The molecule has 0 spiro atoms. The summed E-state index contributed by atoms with van der Waals surface area (Å²) in [7, 11) is 0. The van der Waals surface area contributed by atoms with Gasteiger partial charge in [-0.2, -0.15) is 5.26 Å². The number of esters is 1. The highest BCUT2D eigenvalue weighted by Crippen LogP contribution is 2.35. The van der Waals surface area contributed by atoms with Crippen LogP contribution >= 0.6 is 43.5 Å². The number of carbonyl (C=O) groups is 2. The number of nitrogens with one attached hydrogen (secondary N) is 1. The van der Waals surface area contributed by atoms with Crippen LogP contribution in [0.15, 0.2) is 75.2 Å². The lowest BCUT2D eigenvalue weighted by molar-refractivity contribution is -0.112. The number of hydrogen-bond acceptors (Lipinski definition) is 5. The molecule has 9 heteroatoms. The lowest BCUT2D eigenvalue weighted by atomic mass is 10.1. The first-order valence-electron chi connectivity index (χ1n) is 10.4. The number of halogens is 3. The topological polar surface area (TPSA) is 88.4 Å². The van der Waals surface area contributed by atoms with Crippen LogP contribution < -0.4 is 10.1 Å². The van der Waals surface area contributed by atoms with Gasteiger partial charge in [0.05, 0.1) is 21.7 Å². The molecule has 0 aliphatic heterocycles. The molecule has 178 valence electrons. The quantitative estimate of drug-likeness (QED) is 0.164. The van der Waals surface area contributed by atoms with Crippen LogP contribution in [-0.2, 0) is 16.1 Å². The number of benzene rings is 3. The van der Waals surface area contributed by atoms with Crippen LogP contribution in [0, 0.1) is 11.3 Å². The third-order valence-corrected chi connectivity index (χ3v) is 6.05. The van der Waals surface area contributed by atoms with Crippen LogP contribution in [0.3, 0.4) is 0 Å². The first-order valence-corrected chi connectivity index (χ1v) is 12.3. The summed E-state index contributed by atoms with van der Waals surface area (Å²) in [6, 6.07) is 19.1. The molecule has 3 aromatic rings. The normalized spacial score (nSPS) is 10.9. The van der Waals surface area contributed by atoms with E-state index in [0.717, 1.165) is 10.0 Å². The number of amides is 1. The summed E-state index contributed by atoms with van der Waals surface area (Å²) in [6.07, 6.45) is 1.43. The predicted octanol–water partition coefficient (Wildman–Crippen LogP) is 7.17. The maximum absolute atomic E-state index is 12.6. The Kier molecular flexibility index (Phi) is 9.49. The zero-order valence-corrected chi connectivity index (χ0v) is 22.4. The lowest BCUT2D eigenvalue weighted by Gasteiger charge is -2.12. The van der Waals surface area contributed by atoms with Crippen molar-refractivity contribution < 1.29 is 19.1 Å². The van der Waals surface area contributed by atoms with Gasteiger partial charge >= 0.3 is 5.97 Å². The Morgan fingerprint density at radius 1 is 1.09 bits per heavy atom. The van der Waals surface area contributed by atoms with E-state index in [0.29, 0.717) is 38.7 Å². The van der Waals surface area contributed by atoms with Crippen molar-refractivity contribution in [1.29, 1.82) is 5.26 Å². The molecule has 0 heterocycles. The molecule has 0 atom stereocenters. The fourth-order valence-electron chi connectivity index (χ4n) is 2.95. The highest BCUT2D eigenvalue weighted by molar-refractivity contribution is 9.10. The second-order valence-corrected chi connectivity index (χ2v) is 9.33. The van der Waals surface area contributed by atoms with Crippen molar-refractivity contribution >= 4 is 67.1 Å². The van der Waals surface area contributed by atoms with Gasteiger partial charge in [-0.1, -0.05) is 39.7 Å². The maximum atomic E-state index is 12.6. The second kappa shape index (κ2) is 12.5. The molecule has 0 aliphatic rings. The third kappa shape index (κ3) is 7.43. The molecular formula is C26H19Br2ClN2O4. The minimum Gasteiger partial charge on any atom is -0.486 e. The van der Waals surface area contributed by atoms with E-state index < -0.39 is 11.9 Å². The minimum atomic E-state index is -0.598. The van der Waals surface area contributed by atoms with Crippen molar-refractivity contribution in [3.05, 3.63) is 96.9 Å². The van der Waals surface area contributed by atoms with E-state index >= 15 is 0 Å². The molecule has 35 heavy (non-hydrogen) atoms. The van der Waals surface area contributed by atoms with E-state index in [2.05, 4.69) is 37.2 Å². The van der Waals surface area contributed by atoms with Gasteiger partial charge in [0.15, 0.2) is 5.75 Å². The zero-order chi connectivity index (χ0) is 25.4. The fraction of sp³-hybridized carbons (Fsp3) is 0.115.